The topological polar surface area (TPSA) is 59.3 Å². The van der Waals surface area contributed by atoms with Crippen LogP contribution in [0.4, 0.5) is 0 Å². The van der Waals surface area contributed by atoms with Gasteiger partial charge >= 0.3 is 0 Å². The van der Waals surface area contributed by atoms with Crippen LogP contribution < -0.4 is 10.7 Å². The number of para-hydroxylation sites is 1. The van der Waals surface area contributed by atoms with Gasteiger partial charge in [-0.25, -0.2) is 0 Å². The molecule has 1 N–H and O–H groups in total. The highest BCUT2D eigenvalue weighted by atomic mass is 16.3. The van der Waals surface area contributed by atoms with Gasteiger partial charge in [0.25, 0.3) is 0 Å². The normalized spacial score (nSPS) is 12.7. The van der Waals surface area contributed by atoms with Crippen LogP contribution in [0.2, 0.25) is 0 Å². The van der Waals surface area contributed by atoms with Gasteiger partial charge in [0.05, 0.1) is 10.9 Å². The first-order valence-electron chi connectivity index (χ1n) is 8.08. The first-order chi connectivity index (χ1) is 11.1. The van der Waals surface area contributed by atoms with E-state index in [2.05, 4.69) is 26.1 Å². The summed E-state index contributed by atoms with van der Waals surface area (Å²) in [6.45, 7) is 10.4. The SMILES string of the molecule is CC(C)(C)CC(C)(C)NC(=O)/C=C/c1coc2ccccc2c1=O. The average Bonchev–Trinajstić information content (AvgIpc) is 2.43. The number of nitrogens with one attached hydrogen (secondary N) is 1. The van der Waals surface area contributed by atoms with Crippen LogP contribution in [0.1, 0.15) is 46.6 Å². The predicted molar refractivity (Wildman–Crippen MR) is 97.8 cm³/mol. The third-order valence-electron chi connectivity index (χ3n) is 3.55. The maximum absolute atomic E-state index is 12.4. The molecule has 0 aliphatic carbocycles. The summed E-state index contributed by atoms with van der Waals surface area (Å²) in [7, 11) is 0. The third kappa shape index (κ3) is 4.82. The van der Waals surface area contributed by atoms with E-state index in [1.807, 2.05) is 19.9 Å². The molecule has 2 aromatic rings. The second-order valence-electron chi connectivity index (χ2n) is 7.96. The molecule has 4 nitrogen and oxygen atoms in total. The summed E-state index contributed by atoms with van der Waals surface area (Å²) in [5.74, 6) is -0.225. The molecule has 0 radical (unpaired) electrons. The van der Waals surface area contributed by atoms with E-state index >= 15 is 0 Å². The molecule has 24 heavy (non-hydrogen) atoms. The number of hydrogen-bond donors (Lipinski definition) is 1. The second kappa shape index (κ2) is 6.63. The molecular weight excluding hydrogens is 302 g/mol. The number of benzene rings is 1. The van der Waals surface area contributed by atoms with Crippen LogP contribution >= 0.6 is 0 Å². The van der Waals surface area contributed by atoms with Crippen molar-refractivity contribution in [2.75, 3.05) is 0 Å². The van der Waals surface area contributed by atoms with Crippen LogP contribution in [0.5, 0.6) is 0 Å². The number of amides is 1. The Hall–Kier alpha value is -2.36. The minimum atomic E-state index is -0.326. The van der Waals surface area contributed by atoms with Crippen LogP contribution in [0.15, 0.2) is 45.8 Å². The molecule has 1 amide bonds. The molecule has 0 bridgehead atoms. The Morgan fingerprint density at radius 1 is 1.17 bits per heavy atom. The molecule has 0 aliphatic heterocycles. The molecule has 0 saturated heterocycles. The van der Waals surface area contributed by atoms with Crippen molar-refractivity contribution in [3.63, 3.8) is 0 Å². The Balaban J connectivity index is 2.15. The third-order valence-corrected chi connectivity index (χ3v) is 3.55. The van der Waals surface area contributed by atoms with E-state index < -0.39 is 0 Å². The van der Waals surface area contributed by atoms with Gasteiger partial charge in [-0.05, 0) is 43.9 Å². The van der Waals surface area contributed by atoms with E-state index in [1.165, 1.54) is 18.4 Å². The highest BCUT2D eigenvalue weighted by molar-refractivity contribution is 5.92. The zero-order valence-electron chi connectivity index (χ0n) is 15.0. The summed E-state index contributed by atoms with van der Waals surface area (Å²) in [6, 6.07) is 7.05. The fourth-order valence-electron chi connectivity index (χ4n) is 3.12. The van der Waals surface area contributed by atoms with Crippen LogP contribution in [0, 0.1) is 5.41 Å². The van der Waals surface area contributed by atoms with Crippen molar-refractivity contribution in [1.29, 1.82) is 0 Å². The van der Waals surface area contributed by atoms with Crippen LogP contribution in [-0.2, 0) is 4.79 Å². The molecule has 0 aliphatic rings. The molecule has 0 spiro atoms. The molecule has 1 aromatic carbocycles. The average molecular weight is 327 g/mol. The predicted octanol–water partition coefficient (Wildman–Crippen LogP) is 4.14. The van der Waals surface area contributed by atoms with E-state index in [1.54, 1.807) is 18.2 Å². The molecule has 0 fully saturated rings. The van der Waals surface area contributed by atoms with E-state index in [9.17, 15) is 9.59 Å². The van der Waals surface area contributed by atoms with Crippen LogP contribution in [0.25, 0.3) is 17.0 Å². The summed E-state index contributed by atoms with van der Waals surface area (Å²) < 4.78 is 5.44. The standard InChI is InChI=1S/C20H25NO3/c1-19(2,3)13-20(4,5)21-17(22)11-10-14-12-24-16-9-7-6-8-15(16)18(14)23/h6-12H,13H2,1-5H3,(H,21,22)/b11-10+. The zero-order valence-corrected chi connectivity index (χ0v) is 15.0. The van der Waals surface area contributed by atoms with Gasteiger partial charge in [-0.15, -0.1) is 0 Å². The molecule has 0 unspecified atom stereocenters. The lowest BCUT2D eigenvalue weighted by molar-refractivity contribution is -0.118. The van der Waals surface area contributed by atoms with Gasteiger partial charge in [0.1, 0.15) is 11.8 Å². The van der Waals surface area contributed by atoms with Gasteiger partial charge in [0, 0.05) is 11.6 Å². The highest BCUT2D eigenvalue weighted by Crippen LogP contribution is 2.26. The summed E-state index contributed by atoms with van der Waals surface area (Å²) in [5.41, 5.74) is 0.538. The molecule has 4 heteroatoms. The van der Waals surface area contributed by atoms with Crippen molar-refractivity contribution in [2.45, 2.75) is 46.6 Å². The van der Waals surface area contributed by atoms with E-state index in [0.717, 1.165) is 6.42 Å². The summed E-state index contributed by atoms with van der Waals surface area (Å²) >= 11 is 0. The number of carbonyl (C=O) groups excluding carboxylic acids is 1. The van der Waals surface area contributed by atoms with Gasteiger partial charge in [-0.3, -0.25) is 9.59 Å². The van der Waals surface area contributed by atoms with Gasteiger partial charge < -0.3 is 9.73 Å². The molecule has 0 atom stereocenters. The van der Waals surface area contributed by atoms with Gasteiger partial charge in [0.15, 0.2) is 5.43 Å². The van der Waals surface area contributed by atoms with Crippen molar-refractivity contribution in [3.8, 4) is 0 Å². The van der Waals surface area contributed by atoms with E-state index in [-0.39, 0.29) is 22.3 Å². The largest absolute Gasteiger partial charge is 0.463 e. The fraction of sp³-hybridized carbons (Fsp3) is 0.400. The molecule has 1 aromatic heterocycles. The van der Waals surface area contributed by atoms with Crippen molar-refractivity contribution in [2.24, 2.45) is 5.41 Å². The highest BCUT2D eigenvalue weighted by Gasteiger charge is 2.26. The van der Waals surface area contributed by atoms with Crippen molar-refractivity contribution in [1.82, 2.24) is 5.32 Å². The monoisotopic (exact) mass is 327 g/mol. The van der Waals surface area contributed by atoms with E-state index in [4.69, 9.17) is 4.42 Å². The maximum atomic E-state index is 12.4. The van der Waals surface area contributed by atoms with Gasteiger partial charge in [0.2, 0.25) is 5.91 Å². The minimum Gasteiger partial charge on any atom is -0.463 e. The molecule has 1 heterocycles. The van der Waals surface area contributed by atoms with Crippen LogP contribution in [-0.4, -0.2) is 11.4 Å². The molecule has 128 valence electrons. The molecular formula is C20H25NO3. The first kappa shape index (κ1) is 18.0. The number of rotatable bonds is 4. The number of carbonyl (C=O) groups is 1. The van der Waals surface area contributed by atoms with Crippen molar-refractivity contribution in [3.05, 3.63) is 52.4 Å². The Kier molecular flexibility index (Phi) is 4.97. The Labute approximate surface area is 142 Å². The summed E-state index contributed by atoms with van der Waals surface area (Å²) in [4.78, 5) is 24.5. The lowest BCUT2D eigenvalue weighted by Crippen LogP contribution is -2.45. The first-order valence-corrected chi connectivity index (χ1v) is 8.08. The van der Waals surface area contributed by atoms with Gasteiger partial charge in [-0.1, -0.05) is 32.9 Å². The van der Waals surface area contributed by atoms with Crippen LogP contribution in [0.3, 0.4) is 0 Å². The van der Waals surface area contributed by atoms with Crippen molar-refractivity contribution < 1.29 is 9.21 Å². The number of fused-ring (bicyclic) bond motifs is 1. The lowest BCUT2D eigenvalue weighted by Gasteiger charge is -2.32. The smallest absolute Gasteiger partial charge is 0.244 e. The Morgan fingerprint density at radius 3 is 2.50 bits per heavy atom. The maximum Gasteiger partial charge on any atom is 0.244 e. The summed E-state index contributed by atoms with van der Waals surface area (Å²) in [5, 5.41) is 3.49. The van der Waals surface area contributed by atoms with Gasteiger partial charge in [-0.2, -0.15) is 0 Å². The Bertz CT molecular complexity index is 823. The fourth-order valence-corrected chi connectivity index (χ4v) is 3.12. The van der Waals surface area contributed by atoms with E-state index in [0.29, 0.717) is 16.5 Å². The lowest BCUT2D eigenvalue weighted by atomic mass is 9.82. The summed E-state index contributed by atoms with van der Waals surface area (Å²) in [6.07, 6.45) is 5.11. The van der Waals surface area contributed by atoms with Crippen molar-refractivity contribution >= 4 is 23.0 Å². The minimum absolute atomic E-state index is 0.111. The molecule has 2 rings (SSSR count). The molecule has 0 saturated carbocycles. The Morgan fingerprint density at radius 2 is 1.83 bits per heavy atom. The second-order valence-corrected chi connectivity index (χ2v) is 7.96. The zero-order chi connectivity index (χ0) is 18.0. The number of hydrogen-bond acceptors (Lipinski definition) is 3. The quantitative estimate of drug-likeness (QED) is 0.859.